The van der Waals surface area contributed by atoms with Crippen LogP contribution in [0.15, 0.2) is 18.2 Å². The van der Waals surface area contributed by atoms with Crippen LogP contribution in [0.25, 0.3) is 0 Å². The summed E-state index contributed by atoms with van der Waals surface area (Å²) >= 11 is 0. The molecular weight excluding hydrogens is 442 g/mol. The number of carbonyl (C=O) groups is 3. The summed E-state index contributed by atoms with van der Waals surface area (Å²) in [6, 6.07) is 3.95. The maximum absolute atomic E-state index is 14.1. The number of carbonyl (C=O) groups excluding carboxylic acids is 3. The predicted molar refractivity (Wildman–Crippen MR) is 141 cm³/mol. The topological polar surface area (TPSA) is 87.7 Å². The lowest BCUT2D eigenvalue weighted by Crippen LogP contribution is -2.57. The fourth-order valence-corrected chi connectivity index (χ4v) is 4.10. The minimum Gasteiger partial charge on any atom is -0.444 e. The molecule has 3 unspecified atom stereocenters. The lowest BCUT2D eigenvalue weighted by molar-refractivity contribution is -0.145. The number of nitrogens with one attached hydrogen (secondary N) is 2. The summed E-state index contributed by atoms with van der Waals surface area (Å²) in [6.07, 6.45) is 1.85. The van der Waals surface area contributed by atoms with Crippen molar-refractivity contribution in [2.75, 3.05) is 6.54 Å². The van der Waals surface area contributed by atoms with E-state index in [0.29, 0.717) is 13.0 Å². The van der Waals surface area contributed by atoms with Crippen LogP contribution in [0.5, 0.6) is 0 Å². The van der Waals surface area contributed by atoms with Crippen LogP contribution in [0, 0.1) is 19.8 Å². The van der Waals surface area contributed by atoms with Crippen LogP contribution in [0.4, 0.5) is 4.79 Å². The molecule has 0 heterocycles. The molecule has 1 aromatic carbocycles. The van der Waals surface area contributed by atoms with Crippen LogP contribution >= 0.6 is 0 Å². The van der Waals surface area contributed by atoms with E-state index in [4.69, 9.17) is 4.74 Å². The quantitative estimate of drug-likeness (QED) is 0.405. The molecule has 7 heteroatoms. The normalized spacial score (nSPS) is 14.1. The molecule has 0 aliphatic rings. The first-order valence-corrected chi connectivity index (χ1v) is 12.9. The van der Waals surface area contributed by atoms with E-state index in [9.17, 15) is 14.4 Å². The van der Waals surface area contributed by atoms with Gasteiger partial charge in [-0.1, -0.05) is 51.8 Å². The van der Waals surface area contributed by atoms with Gasteiger partial charge in [0.15, 0.2) is 0 Å². The number of amides is 3. The molecule has 7 nitrogen and oxygen atoms in total. The highest BCUT2D eigenvalue weighted by Gasteiger charge is 2.40. The van der Waals surface area contributed by atoms with Crippen molar-refractivity contribution in [2.24, 2.45) is 5.92 Å². The van der Waals surface area contributed by atoms with Gasteiger partial charge in [0.2, 0.25) is 11.8 Å². The highest BCUT2D eigenvalue weighted by Crippen LogP contribution is 2.31. The Morgan fingerprint density at radius 2 is 1.60 bits per heavy atom. The minimum atomic E-state index is -0.826. The van der Waals surface area contributed by atoms with Gasteiger partial charge in [0, 0.05) is 12.6 Å². The molecule has 0 radical (unpaired) electrons. The number of rotatable bonds is 11. The van der Waals surface area contributed by atoms with Crippen LogP contribution in [0.1, 0.15) is 97.4 Å². The van der Waals surface area contributed by atoms with Crippen LogP contribution in [0.2, 0.25) is 0 Å². The Kier molecular flexibility index (Phi) is 11.7. The number of nitrogens with zero attached hydrogens (tertiary/aromatic N) is 1. The summed E-state index contributed by atoms with van der Waals surface area (Å²) in [7, 11) is 0. The highest BCUT2D eigenvalue weighted by molar-refractivity contribution is 5.93. The Labute approximate surface area is 212 Å². The molecule has 1 rings (SSSR count). The number of hydrogen-bond acceptors (Lipinski definition) is 4. The van der Waals surface area contributed by atoms with Crippen LogP contribution in [0.3, 0.4) is 0 Å². The maximum atomic E-state index is 14.1. The SMILES string of the molecule is CCCCNC(=O)C(c1c(C)cccc1C)N(C(=O)C(NC(=O)OC(C)(C)C)C(C)CC)C(C)C. The van der Waals surface area contributed by atoms with Gasteiger partial charge in [0.1, 0.15) is 17.7 Å². The zero-order valence-electron chi connectivity index (χ0n) is 23.5. The fourth-order valence-electron chi connectivity index (χ4n) is 4.10. The third kappa shape index (κ3) is 8.86. The molecule has 2 N–H and O–H groups in total. The first-order valence-electron chi connectivity index (χ1n) is 12.9. The zero-order chi connectivity index (χ0) is 26.9. The standard InChI is InChI=1S/C28H47N3O4/c1-11-13-17-29-25(32)24(22-20(6)15-14-16-21(22)7)31(18(3)4)26(33)23(19(5)12-2)30-27(34)35-28(8,9)10/h14-16,18-19,23-24H,11-13,17H2,1-10H3,(H,29,32)(H,30,34). The Hall–Kier alpha value is -2.57. The van der Waals surface area contributed by atoms with Gasteiger partial charge >= 0.3 is 6.09 Å². The highest BCUT2D eigenvalue weighted by atomic mass is 16.6. The van der Waals surface area contributed by atoms with Crippen LogP contribution in [-0.2, 0) is 14.3 Å². The summed E-state index contributed by atoms with van der Waals surface area (Å²) in [5.41, 5.74) is 2.02. The molecule has 0 aliphatic heterocycles. The van der Waals surface area contributed by atoms with Gasteiger partial charge in [-0.3, -0.25) is 9.59 Å². The number of ether oxygens (including phenoxy) is 1. The Morgan fingerprint density at radius 1 is 1.03 bits per heavy atom. The first kappa shape index (κ1) is 30.5. The molecule has 0 saturated heterocycles. The van der Waals surface area contributed by atoms with E-state index >= 15 is 0 Å². The van der Waals surface area contributed by atoms with Gasteiger partial charge in [0.25, 0.3) is 0 Å². The Balaban J connectivity index is 3.54. The van der Waals surface area contributed by atoms with Crippen molar-refractivity contribution < 1.29 is 19.1 Å². The van der Waals surface area contributed by atoms with E-state index in [-0.39, 0.29) is 23.8 Å². The number of benzene rings is 1. The molecule has 0 spiro atoms. The average molecular weight is 490 g/mol. The summed E-state index contributed by atoms with van der Waals surface area (Å²) in [6.45, 7) is 19.6. The van der Waals surface area contributed by atoms with Gasteiger partial charge < -0.3 is 20.3 Å². The van der Waals surface area contributed by atoms with Gasteiger partial charge in [0.05, 0.1) is 0 Å². The summed E-state index contributed by atoms with van der Waals surface area (Å²) in [4.78, 5) is 42.1. The molecule has 0 fully saturated rings. The largest absolute Gasteiger partial charge is 0.444 e. The molecule has 198 valence electrons. The van der Waals surface area contributed by atoms with Crippen LogP contribution < -0.4 is 10.6 Å². The second-order valence-corrected chi connectivity index (χ2v) is 10.7. The van der Waals surface area contributed by atoms with Gasteiger partial charge in [-0.2, -0.15) is 0 Å². The fraction of sp³-hybridized carbons (Fsp3) is 0.679. The lowest BCUT2D eigenvalue weighted by Gasteiger charge is -2.39. The van der Waals surface area contributed by atoms with Crippen molar-refractivity contribution in [3.8, 4) is 0 Å². The number of alkyl carbamates (subject to hydrolysis) is 1. The summed E-state index contributed by atoms with van der Waals surface area (Å²) in [5.74, 6) is -0.658. The number of aryl methyl sites for hydroxylation is 2. The number of unbranched alkanes of at least 4 members (excludes halogenated alkanes) is 1. The van der Waals surface area contributed by atoms with Gasteiger partial charge in [-0.05, 0) is 77.5 Å². The third-order valence-electron chi connectivity index (χ3n) is 6.13. The second-order valence-electron chi connectivity index (χ2n) is 10.7. The lowest BCUT2D eigenvalue weighted by atomic mass is 9.91. The second kappa shape index (κ2) is 13.5. The van der Waals surface area contributed by atoms with Gasteiger partial charge in [-0.25, -0.2) is 4.79 Å². The molecule has 0 bridgehead atoms. The summed E-state index contributed by atoms with van der Waals surface area (Å²) in [5, 5.41) is 5.84. The monoisotopic (exact) mass is 489 g/mol. The smallest absolute Gasteiger partial charge is 0.408 e. The third-order valence-corrected chi connectivity index (χ3v) is 6.13. The Morgan fingerprint density at radius 3 is 2.06 bits per heavy atom. The molecule has 1 aromatic rings. The zero-order valence-corrected chi connectivity index (χ0v) is 23.5. The van der Waals surface area contributed by atoms with E-state index in [0.717, 1.165) is 29.5 Å². The molecule has 35 heavy (non-hydrogen) atoms. The summed E-state index contributed by atoms with van der Waals surface area (Å²) < 4.78 is 5.45. The predicted octanol–water partition coefficient (Wildman–Crippen LogP) is 5.44. The van der Waals surface area contributed by atoms with E-state index in [1.807, 2.05) is 59.7 Å². The van der Waals surface area contributed by atoms with E-state index < -0.39 is 23.8 Å². The molecule has 0 saturated carbocycles. The number of hydrogen-bond donors (Lipinski definition) is 2. The van der Waals surface area contributed by atoms with Crippen molar-refractivity contribution in [3.63, 3.8) is 0 Å². The molecule has 3 amide bonds. The van der Waals surface area contributed by atoms with Crippen molar-refractivity contribution in [3.05, 3.63) is 34.9 Å². The molecule has 0 aliphatic carbocycles. The van der Waals surface area contributed by atoms with E-state index in [2.05, 4.69) is 17.6 Å². The van der Waals surface area contributed by atoms with E-state index in [1.165, 1.54) is 0 Å². The average Bonchev–Trinajstić information content (AvgIpc) is 2.74. The minimum absolute atomic E-state index is 0.155. The van der Waals surface area contributed by atoms with Crippen molar-refractivity contribution in [1.29, 1.82) is 0 Å². The van der Waals surface area contributed by atoms with Crippen LogP contribution in [-0.4, -0.2) is 47.0 Å². The van der Waals surface area contributed by atoms with Crippen molar-refractivity contribution >= 4 is 17.9 Å². The van der Waals surface area contributed by atoms with Gasteiger partial charge in [-0.15, -0.1) is 0 Å². The molecule has 3 atom stereocenters. The Bertz CT molecular complexity index is 840. The van der Waals surface area contributed by atoms with Crippen molar-refractivity contribution in [1.82, 2.24) is 15.5 Å². The molecule has 0 aromatic heterocycles. The van der Waals surface area contributed by atoms with E-state index in [1.54, 1.807) is 25.7 Å². The first-order chi connectivity index (χ1) is 16.2. The van der Waals surface area contributed by atoms with Crippen molar-refractivity contribution in [2.45, 2.75) is 112 Å². The molecular formula is C28H47N3O4. The maximum Gasteiger partial charge on any atom is 0.408 e.